The van der Waals surface area contributed by atoms with E-state index in [0.29, 0.717) is 9.88 Å². The highest BCUT2D eigenvalue weighted by Gasteiger charge is 2.21. The van der Waals surface area contributed by atoms with Gasteiger partial charge in [-0.25, -0.2) is 4.79 Å². The van der Waals surface area contributed by atoms with Crippen LogP contribution >= 0.6 is 22.7 Å². The number of thiophene rings is 2. The van der Waals surface area contributed by atoms with E-state index in [-0.39, 0.29) is 30.5 Å². The summed E-state index contributed by atoms with van der Waals surface area (Å²) < 4.78 is 9.92. The lowest BCUT2D eigenvalue weighted by molar-refractivity contribution is -0.146. The number of ether oxygens (including phenoxy) is 2. The quantitative estimate of drug-likeness (QED) is 0.565. The molecule has 0 bridgehead atoms. The van der Waals surface area contributed by atoms with Crippen molar-refractivity contribution < 1.29 is 28.7 Å². The number of carbonyl (C=O) groups is 4. The first-order chi connectivity index (χ1) is 14.2. The number of hydrogen-bond donors (Lipinski definition) is 2. The Balaban J connectivity index is 1.87. The summed E-state index contributed by atoms with van der Waals surface area (Å²) in [5.41, 5.74) is 0.267. The average molecular weight is 453 g/mol. The molecule has 0 aliphatic rings. The third kappa shape index (κ3) is 6.67. The van der Waals surface area contributed by atoms with Gasteiger partial charge in [-0.3, -0.25) is 14.4 Å². The zero-order valence-electron chi connectivity index (χ0n) is 17.2. The summed E-state index contributed by atoms with van der Waals surface area (Å²) in [6, 6.07) is 5.17. The van der Waals surface area contributed by atoms with Crippen molar-refractivity contribution in [2.45, 2.75) is 33.6 Å². The van der Waals surface area contributed by atoms with Gasteiger partial charge in [0.25, 0.3) is 11.8 Å². The van der Waals surface area contributed by atoms with Gasteiger partial charge in [-0.2, -0.15) is 0 Å². The minimum absolute atomic E-state index is 0.169. The SMILES string of the molecule is CCOC(=O)c1cc(C(C)C)sc1NC(=O)COC(=O)CNC(=O)c1ccc(C)s1. The van der Waals surface area contributed by atoms with Crippen molar-refractivity contribution in [2.24, 2.45) is 0 Å². The topological polar surface area (TPSA) is 111 Å². The Labute approximate surface area is 182 Å². The maximum absolute atomic E-state index is 12.2. The number of carbonyl (C=O) groups excluding carboxylic acids is 4. The molecule has 2 aromatic rings. The summed E-state index contributed by atoms with van der Waals surface area (Å²) in [6.45, 7) is 6.84. The molecule has 0 saturated heterocycles. The number of rotatable bonds is 9. The molecule has 2 rings (SSSR count). The van der Waals surface area contributed by atoms with E-state index in [9.17, 15) is 19.2 Å². The molecule has 162 valence electrons. The lowest BCUT2D eigenvalue weighted by Gasteiger charge is -2.07. The first-order valence-corrected chi connectivity index (χ1v) is 11.0. The van der Waals surface area contributed by atoms with Crippen LogP contribution in [0.4, 0.5) is 5.00 Å². The average Bonchev–Trinajstić information content (AvgIpc) is 3.31. The first kappa shape index (κ1) is 23.6. The molecule has 10 heteroatoms. The van der Waals surface area contributed by atoms with Crippen molar-refractivity contribution in [1.82, 2.24) is 5.32 Å². The van der Waals surface area contributed by atoms with Crippen LogP contribution in [-0.2, 0) is 19.1 Å². The van der Waals surface area contributed by atoms with Gasteiger partial charge in [0.2, 0.25) is 0 Å². The third-order valence-corrected chi connectivity index (χ3v) is 6.14. The van der Waals surface area contributed by atoms with Gasteiger partial charge in [-0.1, -0.05) is 13.8 Å². The summed E-state index contributed by atoms with van der Waals surface area (Å²) in [7, 11) is 0. The summed E-state index contributed by atoms with van der Waals surface area (Å²) >= 11 is 2.58. The second-order valence-electron chi connectivity index (χ2n) is 6.57. The fourth-order valence-electron chi connectivity index (χ4n) is 2.30. The van der Waals surface area contributed by atoms with E-state index < -0.39 is 24.5 Å². The summed E-state index contributed by atoms with van der Waals surface area (Å²) in [5.74, 6) is -2.08. The lowest BCUT2D eigenvalue weighted by atomic mass is 10.1. The molecule has 0 unspecified atom stereocenters. The van der Waals surface area contributed by atoms with E-state index in [2.05, 4.69) is 10.6 Å². The number of nitrogens with one attached hydrogen (secondary N) is 2. The Hall–Kier alpha value is -2.72. The molecule has 2 amide bonds. The molecule has 0 atom stereocenters. The molecule has 0 radical (unpaired) electrons. The van der Waals surface area contributed by atoms with Crippen LogP contribution in [0.5, 0.6) is 0 Å². The van der Waals surface area contributed by atoms with Gasteiger partial charge in [-0.05, 0) is 38.0 Å². The van der Waals surface area contributed by atoms with Crippen LogP contribution in [0.15, 0.2) is 18.2 Å². The highest BCUT2D eigenvalue weighted by atomic mass is 32.1. The summed E-state index contributed by atoms with van der Waals surface area (Å²) in [4.78, 5) is 50.4. The molecule has 8 nitrogen and oxygen atoms in total. The predicted octanol–water partition coefficient (Wildman–Crippen LogP) is 3.33. The summed E-state index contributed by atoms with van der Waals surface area (Å²) in [5, 5.41) is 5.38. The fraction of sp³-hybridized carbons (Fsp3) is 0.400. The van der Waals surface area contributed by atoms with E-state index in [1.165, 1.54) is 22.7 Å². The molecule has 0 fully saturated rings. The van der Waals surface area contributed by atoms with Crippen LogP contribution in [0, 0.1) is 6.92 Å². The van der Waals surface area contributed by atoms with Crippen LogP contribution in [0.25, 0.3) is 0 Å². The fourth-order valence-corrected chi connectivity index (χ4v) is 4.15. The van der Waals surface area contributed by atoms with Gasteiger partial charge in [-0.15, -0.1) is 22.7 Å². The van der Waals surface area contributed by atoms with Crippen molar-refractivity contribution in [3.8, 4) is 0 Å². The van der Waals surface area contributed by atoms with Crippen molar-refractivity contribution in [3.05, 3.63) is 38.4 Å². The van der Waals surface area contributed by atoms with Crippen LogP contribution < -0.4 is 10.6 Å². The van der Waals surface area contributed by atoms with Crippen molar-refractivity contribution in [3.63, 3.8) is 0 Å². The van der Waals surface area contributed by atoms with Gasteiger partial charge < -0.3 is 20.1 Å². The van der Waals surface area contributed by atoms with E-state index >= 15 is 0 Å². The Bertz CT molecular complexity index is 932. The Morgan fingerprint density at radius 2 is 1.83 bits per heavy atom. The lowest BCUT2D eigenvalue weighted by Crippen LogP contribution is -2.31. The monoisotopic (exact) mass is 452 g/mol. The Morgan fingerprint density at radius 1 is 1.10 bits per heavy atom. The van der Waals surface area contributed by atoms with Gasteiger partial charge in [0.05, 0.1) is 17.0 Å². The van der Waals surface area contributed by atoms with Crippen molar-refractivity contribution in [1.29, 1.82) is 0 Å². The van der Waals surface area contributed by atoms with Gasteiger partial charge >= 0.3 is 11.9 Å². The minimum atomic E-state index is -0.744. The van der Waals surface area contributed by atoms with Crippen LogP contribution in [0.3, 0.4) is 0 Å². The zero-order chi connectivity index (χ0) is 22.3. The molecule has 0 aliphatic carbocycles. The number of esters is 2. The van der Waals surface area contributed by atoms with E-state index in [0.717, 1.165) is 9.75 Å². The molecule has 30 heavy (non-hydrogen) atoms. The maximum Gasteiger partial charge on any atom is 0.341 e. The highest BCUT2D eigenvalue weighted by molar-refractivity contribution is 7.16. The smallest absolute Gasteiger partial charge is 0.341 e. The minimum Gasteiger partial charge on any atom is -0.462 e. The van der Waals surface area contributed by atoms with Crippen molar-refractivity contribution >= 4 is 51.4 Å². The van der Waals surface area contributed by atoms with Crippen molar-refractivity contribution in [2.75, 3.05) is 25.1 Å². The van der Waals surface area contributed by atoms with E-state index in [4.69, 9.17) is 9.47 Å². The highest BCUT2D eigenvalue weighted by Crippen LogP contribution is 2.33. The third-order valence-electron chi connectivity index (χ3n) is 3.79. The molecule has 0 spiro atoms. The Kier molecular flexibility index (Phi) is 8.55. The largest absolute Gasteiger partial charge is 0.462 e. The van der Waals surface area contributed by atoms with Crippen LogP contribution in [0.1, 0.15) is 56.5 Å². The standard InChI is InChI=1S/C20H24N2O6S2/c1-5-27-20(26)13-8-15(11(2)3)30-19(13)22-16(23)10-28-17(24)9-21-18(25)14-7-6-12(4)29-14/h6-8,11H,5,9-10H2,1-4H3,(H,21,25)(H,22,23). The summed E-state index contributed by atoms with van der Waals surface area (Å²) in [6.07, 6.45) is 0. The number of anilines is 1. The predicted molar refractivity (Wildman–Crippen MR) is 115 cm³/mol. The van der Waals surface area contributed by atoms with Gasteiger partial charge in [0, 0.05) is 9.75 Å². The van der Waals surface area contributed by atoms with Gasteiger partial charge in [0.15, 0.2) is 6.61 Å². The molecular formula is C20H24N2O6S2. The molecule has 2 N–H and O–H groups in total. The van der Waals surface area contributed by atoms with Crippen LogP contribution in [-0.4, -0.2) is 43.5 Å². The van der Waals surface area contributed by atoms with E-state index in [1.807, 2.05) is 26.8 Å². The first-order valence-electron chi connectivity index (χ1n) is 9.32. The Morgan fingerprint density at radius 3 is 2.43 bits per heavy atom. The number of amides is 2. The maximum atomic E-state index is 12.2. The van der Waals surface area contributed by atoms with Gasteiger partial charge in [0.1, 0.15) is 11.5 Å². The zero-order valence-corrected chi connectivity index (χ0v) is 18.8. The molecule has 0 aliphatic heterocycles. The molecular weight excluding hydrogens is 428 g/mol. The molecule has 0 aromatic carbocycles. The second-order valence-corrected chi connectivity index (χ2v) is 8.94. The molecule has 0 saturated carbocycles. The van der Waals surface area contributed by atoms with E-state index in [1.54, 1.807) is 19.1 Å². The number of hydrogen-bond acceptors (Lipinski definition) is 8. The second kappa shape index (κ2) is 10.9. The molecule has 2 aromatic heterocycles. The molecule has 2 heterocycles. The normalized spacial score (nSPS) is 10.6. The number of aryl methyl sites for hydroxylation is 1. The van der Waals surface area contributed by atoms with Crippen LogP contribution in [0.2, 0.25) is 0 Å².